The Balaban J connectivity index is 1.78. The number of rotatable bonds is 3. The Morgan fingerprint density at radius 1 is 1.27 bits per heavy atom. The van der Waals surface area contributed by atoms with Gasteiger partial charge in [-0.25, -0.2) is 4.79 Å². The third-order valence-corrected chi connectivity index (χ3v) is 6.18. The summed E-state index contributed by atoms with van der Waals surface area (Å²) in [7, 11) is 1.37. The molecule has 0 aliphatic heterocycles. The molecule has 8 heteroatoms. The predicted octanol–water partition coefficient (Wildman–Crippen LogP) is 4.14. The lowest BCUT2D eigenvalue weighted by molar-refractivity contribution is 0.0601. The van der Waals surface area contributed by atoms with Crippen molar-refractivity contribution >= 4 is 68.1 Å². The summed E-state index contributed by atoms with van der Waals surface area (Å²) in [5, 5.41) is 6.48. The van der Waals surface area contributed by atoms with Crippen molar-refractivity contribution < 1.29 is 14.3 Å². The first-order valence-electron chi connectivity index (χ1n) is 8.10. The van der Waals surface area contributed by atoms with Gasteiger partial charge >= 0.3 is 5.97 Å². The molecule has 1 heterocycles. The summed E-state index contributed by atoms with van der Waals surface area (Å²) in [5.41, 5.74) is 2.11. The summed E-state index contributed by atoms with van der Waals surface area (Å²) in [4.78, 5) is 25.8. The number of thiocarbonyl (C=S) groups is 1. The minimum Gasteiger partial charge on any atom is -0.465 e. The highest BCUT2D eigenvalue weighted by Gasteiger charge is 2.26. The van der Waals surface area contributed by atoms with Crippen LogP contribution < -0.4 is 10.6 Å². The van der Waals surface area contributed by atoms with Gasteiger partial charge in [-0.3, -0.25) is 10.1 Å². The van der Waals surface area contributed by atoms with Crippen LogP contribution >= 0.6 is 46.1 Å². The van der Waals surface area contributed by atoms with Crippen LogP contribution in [0.3, 0.4) is 0 Å². The Morgan fingerprint density at radius 2 is 2.04 bits per heavy atom. The minimum atomic E-state index is -0.376. The SMILES string of the molecule is COC(=O)c1c(NC(=S)NC(=O)c2cccc(I)c2)sc2c1CCCC2. The number of nitrogens with one attached hydrogen (secondary N) is 2. The van der Waals surface area contributed by atoms with Gasteiger partial charge in [-0.15, -0.1) is 11.3 Å². The molecule has 0 saturated carbocycles. The third kappa shape index (κ3) is 4.24. The van der Waals surface area contributed by atoms with E-state index in [1.54, 1.807) is 12.1 Å². The zero-order valence-electron chi connectivity index (χ0n) is 14.1. The molecule has 0 saturated heterocycles. The molecule has 26 heavy (non-hydrogen) atoms. The highest BCUT2D eigenvalue weighted by atomic mass is 127. The van der Waals surface area contributed by atoms with Crippen LogP contribution in [0, 0.1) is 3.57 Å². The van der Waals surface area contributed by atoms with Crippen LogP contribution in [0.1, 0.15) is 44.0 Å². The summed E-state index contributed by atoms with van der Waals surface area (Å²) < 4.78 is 5.91. The molecule has 1 aromatic heterocycles. The Kier molecular flexibility index (Phi) is 6.25. The lowest BCUT2D eigenvalue weighted by atomic mass is 9.95. The van der Waals surface area contributed by atoms with Gasteiger partial charge in [-0.05, 0) is 84.3 Å². The number of esters is 1. The Morgan fingerprint density at radius 3 is 2.77 bits per heavy atom. The molecule has 0 radical (unpaired) electrons. The molecule has 2 aromatic rings. The largest absolute Gasteiger partial charge is 0.465 e. The van der Waals surface area contributed by atoms with Crippen LogP contribution in [0.15, 0.2) is 24.3 Å². The zero-order valence-corrected chi connectivity index (χ0v) is 17.8. The third-order valence-electron chi connectivity index (χ3n) is 4.10. The van der Waals surface area contributed by atoms with Crippen molar-refractivity contribution in [1.82, 2.24) is 5.32 Å². The first kappa shape index (κ1) is 19.2. The molecule has 0 bridgehead atoms. The lowest BCUT2D eigenvalue weighted by Gasteiger charge is -2.12. The van der Waals surface area contributed by atoms with E-state index in [0.29, 0.717) is 16.1 Å². The maximum absolute atomic E-state index is 12.3. The maximum Gasteiger partial charge on any atom is 0.341 e. The van der Waals surface area contributed by atoms with E-state index in [0.717, 1.165) is 34.8 Å². The first-order chi connectivity index (χ1) is 12.5. The van der Waals surface area contributed by atoms with Gasteiger partial charge in [-0.1, -0.05) is 6.07 Å². The molecule has 1 amide bonds. The van der Waals surface area contributed by atoms with Crippen molar-refractivity contribution in [2.75, 3.05) is 12.4 Å². The molecule has 0 fully saturated rings. The summed E-state index contributed by atoms with van der Waals surface area (Å²) in [6.45, 7) is 0. The Bertz CT molecular complexity index is 879. The number of carbonyl (C=O) groups excluding carboxylic acids is 2. The van der Waals surface area contributed by atoms with E-state index < -0.39 is 0 Å². The number of ether oxygens (including phenoxy) is 1. The van der Waals surface area contributed by atoms with E-state index in [1.807, 2.05) is 12.1 Å². The van der Waals surface area contributed by atoms with Crippen LogP contribution in [0.2, 0.25) is 0 Å². The number of thiophene rings is 1. The Labute approximate surface area is 174 Å². The molecule has 1 aromatic carbocycles. The molecule has 0 spiro atoms. The second-order valence-electron chi connectivity index (χ2n) is 5.83. The minimum absolute atomic E-state index is 0.164. The van der Waals surface area contributed by atoms with Crippen molar-refractivity contribution in [3.8, 4) is 0 Å². The fraction of sp³-hybridized carbons (Fsp3) is 0.278. The van der Waals surface area contributed by atoms with Crippen molar-refractivity contribution in [3.05, 3.63) is 49.4 Å². The van der Waals surface area contributed by atoms with Crippen molar-refractivity contribution in [2.45, 2.75) is 25.7 Å². The second kappa shape index (κ2) is 8.45. The predicted molar refractivity (Wildman–Crippen MR) is 115 cm³/mol. The van der Waals surface area contributed by atoms with Gasteiger partial charge in [0.2, 0.25) is 0 Å². The van der Waals surface area contributed by atoms with Crippen molar-refractivity contribution in [3.63, 3.8) is 0 Å². The Hall–Kier alpha value is -1.52. The van der Waals surface area contributed by atoms with Crippen LogP contribution in [-0.4, -0.2) is 24.1 Å². The number of carbonyl (C=O) groups is 2. The van der Waals surface area contributed by atoms with Gasteiger partial charge in [0.25, 0.3) is 5.91 Å². The second-order valence-corrected chi connectivity index (χ2v) is 8.58. The van der Waals surface area contributed by atoms with Crippen LogP contribution in [-0.2, 0) is 17.6 Å². The summed E-state index contributed by atoms with van der Waals surface area (Å²) >= 11 is 8.93. The number of halogens is 1. The van der Waals surface area contributed by atoms with E-state index in [2.05, 4.69) is 33.2 Å². The average molecular weight is 500 g/mol. The first-order valence-corrected chi connectivity index (χ1v) is 10.4. The summed E-state index contributed by atoms with van der Waals surface area (Å²) in [6, 6.07) is 7.23. The molecule has 0 unspecified atom stereocenters. The van der Waals surface area contributed by atoms with Crippen molar-refractivity contribution in [1.29, 1.82) is 0 Å². The zero-order chi connectivity index (χ0) is 18.7. The van der Waals surface area contributed by atoms with Gasteiger partial charge < -0.3 is 10.1 Å². The van der Waals surface area contributed by atoms with Gasteiger partial charge in [0, 0.05) is 14.0 Å². The van der Waals surface area contributed by atoms with E-state index in [4.69, 9.17) is 17.0 Å². The topological polar surface area (TPSA) is 67.4 Å². The van der Waals surface area contributed by atoms with Gasteiger partial charge in [0.05, 0.1) is 12.7 Å². The molecule has 5 nitrogen and oxygen atoms in total. The molecular weight excluding hydrogens is 483 g/mol. The smallest absolute Gasteiger partial charge is 0.341 e. The normalized spacial score (nSPS) is 12.8. The lowest BCUT2D eigenvalue weighted by Crippen LogP contribution is -2.34. The molecule has 1 aliphatic rings. The standard InChI is InChI=1S/C18H17IN2O3S2/c1-24-17(23)14-12-7-2-3-8-13(12)26-16(14)21-18(25)20-15(22)10-5-4-6-11(19)9-10/h4-6,9H,2-3,7-8H2,1H3,(H2,20,21,22,25). The van der Waals surface area contributed by atoms with Crippen LogP contribution in [0.25, 0.3) is 0 Å². The van der Waals surface area contributed by atoms with E-state index in [-0.39, 0.29) is 17.0 Å². The number of amides is 1. The molecule has 3 rings (SSSR count). The summed E-state index contributed by atoms with van der Waals surface area (Å²) in [5.74, 6) is -0.666. The average Bonchev–Trinajstić information content (AvgIpc) is 2.98. The van der Waals surface area contributed by atoms with E-state index in [9.17, 15) is 9.59 Å². The monoisotopic (exact) mass is 500 g/mol. The molecule has 0 atom stereocenters. The molecular formula is C18H17IN2O3S2. The van der Waals surface area contributed by atoms with E-state index >= 15 is 0 Å². The van der Waals surface area contributed by atoms with Crippen LogP contribution in [0.4, 0.5) is 5.00 Å². The van der Waals surface area contributed by atoms with Crippen molar-refractivity contribution in [2.24, 2.45) is 0 Å². The maximum atomic E-state index is 12.3. The molecule has 136 valence electrons. The van der Waals surface area contributed by atoms with Gasteiger partial charge in [0.15, 0.2) is 5.11 Å². The summed E-state index contributed by atoms with van der Waals surface area (Å²) in [6.07, 6.45) is 3.98. The van der Waals surface area contributed by atoms with E-state index in [1.165, 1.54) is 23.3 Å². The highest BCUT2D eigenvalue weighted by molar-refractivity contribution is 14.1. The number of anilines is 1. The number of hydrogen-bond donors (Lipinski definition) is 2. The number of benzene rings is 1. The number of hydrogen-bond acceptors (Lipinski definition) is 5. The molecule has 2 N–H and O–H groups in total. The fourth-order valence-corrected chi connectivity index (χ4v) is 5.00. The van der Waals surface area contributed by atoms with Gasteiger partial charge in [-0.2, -0.15) is 0 Å². The molecule has 1 aliphatic carbocycles. The fourth-order valence-electron chi connectivity index (χ4n) is 2.91. The number of methoxy groups -OCH3 is 1. The highest BCUT2D eigenvalue weighted by Crippen LogP contribution is 2.38. The number of aryl methyl sites for hydroxylation is 1. The number of fused-ring (bicyclic) bond motifs is 1. The van der Waals surface area contributed by atoms with Gasteiger partial charge in [0.1, 0.15) is 5.00 Å². The van der Waals surface area contributed by atoms with Crippen LogP contribution in [0.5, 0.6) is 0 Å². The quantitative estimate of drug-likeness (QED) is 0.377.